The van der Waals surface area contributed by atoms with Crippen molar-refractivity contribution in [2.75, 3.05) is 20.3 Å². The van der Waals surface area contributed by atoms with Crippen molar-refractivity contribution in [1.29, 1.82) is 0 Å². The summed E-state index contributed by atoms with van der Waals surface area (Å²) in [6, 6.07) is 17.1. The summed E-state index contributed by atoms with van der Waals surface area (Å²) in [5.41, 5.74) is 3.41. The number of aromatic nitrogens is 2. The van der Waals surface area contributed by atoms with Crippen LogP contribution in [0.4, 0.5) is 0 Å². The molecule has 0 saturated carbocycles. The number of benzene rings is 2. The maximum Gasteiger partial charge on any atom is 0.254 e. The van der Waals surface area contributed by atoms with Crippen LogP contribution in [0.25, 0.3) is 11.1 Å². The van der Waals surface area contributed by atoms with Crippen LogP contribution in [0.2, 0.25) is 0 Å². The molecule has 1 aromatic heterocycles. The Morgan fingerprint density at radius 1 is 1.20 bits per heavy atom. The van der Waals surface area contributed by atoms with Crippen molar-refractivity contribution in [3.05, 3.63) is 71.9 Å². The van der Waals surface area contributed by atoms with E-state index in [2.05, 4.69) is 15.3 Å². The molecule has 1 aliphatic rings. The van der Waals surface area contributed by atoms with Gasteiger partial charge in [-0.25, -0.2) is 0 Å². The van der Waals surface area contributed by atoms with Crippen LogP contribution in [0.15, 0.2) is 64.3 Å². The molecule has 1 aliphatic heterocycles. The highest BCUT2D eigenvalue weighted by Crippen LogP contribution is 2.32. The van der Waals surface area contributed by atoms with Crippen LogP contribution in [0.5, 0.6) is 0 Å². The molecule has 0 aliphatic carbocycles. The van der Waals surface area contributed by atoms with Gasteiger partial charge in [0.05, 0.1) is 18.9 Å². The lowest BCUT2D eigenvalue weighted by Crippen LogP contribution is -2.31. The standard InChI is InChI=1S/C22H22N4O4/c1-29-24-18-13-19(21-23-20(11-12-27)25-30-21)26(14-18)22(28)17-9-7-16(8-10-17)15-5-3-2-4-6-15/h2-10,19,27H,11-14H2,1H3/b24-18+/t19-/m0/s1. The fraction of sp³-hybridized carbons (Fsp3) is 0.273. The lowest BCUT2D eigenvalue weighted by Gasteiger charge is -2.21. The van der Waals surface area contributed by atoms with Crippen LogP contribution in [0, 0.1) is 0 Å². The summed E-state index contributed by atoms with van der Waals surface area (Å²) >= 11 is 0. The Labute approximate surface area is 173 Å². The number of nitrogens with zero attached hydrogens (tertiary/aromatic N) is 4. The first kappa shape index (κ1) is 19.8. The van der Waals surface area contributed by atoms with E-state index >= 15 is 0 Å². The van der Waals surface area contributed by atoms with E-state index in [1.165, 1.54) is 7.11 Å². The van der Waals surface area contributed by atoms with E-state index in [1.54, 1.807) is 4.90 Å². The van der Waals surface area contributed by atoms with Crippen LogP contribution in [-0.4, -0.2) is 52.0 Å². The molecule has 2 heterocycles. The first-order valence-corrected chi connectivity index (χ1v) is 9.68. The van der Waals surface area contributed by atoms with E-state index < -0.39 is 6.04 Å². The first-order valence-electron chi connectivity index (χ1n) is 9.68. The monoisotopic (exact) mass is 406 g/mol. The Morgan fingerprint density at radius 2 is 1.93 bits per heavy atom. The van der Waals surface area contributed by atoms with E-state index in [9.17, 15) is 4.79 Å². The number of likely N-dealkylation sites (tertiary alicyclic amines) is 1. The minimum absolute atomic E-state index is 0.0730. The Kier molecular flexibility index (Phi) is 5.85. The second kappa shape index (κ2) is 8.87. The number of carbonyl (C=O) groups is 1. The van der Waals surface area contributed by atoms with Crippen LogP contribution < -0.4 is 0 Å². The van der Waals surface area contributed by atoms with Crippen molar-refractivity contribution in [2.24, 2.45) is 5.16 Å². The number of aliphatic hydroxyl groups is 1. The smallest absolute Gasteiger partial charge is 0.254 e. The molecule has 8 heteroatoms. The van der Waals surface area contributed by atoms with Gasteiger partial charge in [0.1, 0.15) is 13.2 Å². The van der Waals surface area contributed by atoms with Crippen molar-refractivity contribution in [1.82, 2.24) is 15.0 Å². The summed E-state index contributed by atoms with van der Waals surface area (Å²) in [4.78, 5) is 24.2. The van der Waals surface area contributed by atoms with Crippen molar-refractivity contribution >= 4 is 11.6 Å². The third-order valence-electron chi connectivity index (χ3n) is 4.98. The molecule has 0 unspecified atom stereocenters. The van der Waals surface area contributed by atoms with Gasteiger partial charge in [0.15, 0.2) is 5.82 Å². The van der Waals surface area contributed by atoms with Crippen LogP contribution in [0.3, 0.4) is 0 Å². The quantitative estimate of drug-likeness (QED) is 0.632. The number of hydrogen-bond donors (Lipinski definition) is 1. The van der Waals surface area contributed by atoms with Gasteiger partial charge in [-0.1, -0.05) is 52.8 Å². The van der Waals surface area contributed by atoms with Gasteiger partial charge < -0.3 is 19.4 Å². The molecule has 8 nitrogen and oxygen atoms in total. The van der Waals surface area contributed by atoms with Gasteiger partial charge in [0.25, 0.3) is 5.91 Å². The predicted octanol–water partition coefficient (Wildman–Crippen LogP) is 2.86. The fourth-order valence-electron chi connectivity index (χ4n) is 3.54. The molecule has 4 rings (SSSR count). The second-order valence-corrected chi connectivity index (χ2v) is 6.96. The topological polar surface area (TPSA) is 101 Å². The summed E-state index contributed by atoms with van der Waals surface area (Å²) in [7, 11) is 1.47. The average molecular weight is 406 g/mol. The molecule has 0 spiro atoms. The summed E-state index contributed by atoms with van der Waals surface area (Å²) in [6.07, 6.45) is 0.743. The first-order chi connectivity index (χ1) is 14.7. The van der Waals surface area contributed by atoms with Crippen molar-refractivity contribution in [2.45, 2.75) is 18.9 Å². The number of carbonyl (C=O) groups excluding carboxylic acids is 1. The van der Waals surface area contributed by atoms with Gasteiger partial charge >= 0.3 is 0 Å². The molecule has 2 aromatic carbocycles. The fourth-order valence-corrected chi connectivity index (χ4v) is 3.54. The largest absolute Gasteiger partial charge is 0.399 e. The van der Waals surface area contributed by atoms with E-state index in [0.29, 0.717) is 36.7 Å². The maximum absolute atomic E-state index is 13.3. The van der Waals surface area contributed by atoms with Crippen molar-refractivity contribution in [3.8, 4) is 11.1 Å². The number of hydrogen-bond acceptors (Lipinski definition) is 7. The SMILES string of the molecule is CO/N=C1\C[C@@H](c2nc(CCO)no2)N(C(=O)c2ccc(-c3ccccc3)cc2)C1. The highest BCUT2D eigenvalue weighted by molar-refractivity contribution is 6.00. The molecule has 1 amide bonds. The lowest BCUT2D eigenvalue weighted by atomic mass is 10.0. The summed E-state index contributed by atoms with van der Waals surface area (Å²) in [6.45, 7) is 0.242. The number of oxime groups is 1. The molecule has 1 saturated heterocycles. The number of amides is 1. The zero-order valence-electron chi connectivity index (χ0n) is 16.6. The predicted molar refractivity (Wildman–Crippen MR) is 110 cm³/mol. The van der Waals surface area contributed by atoms with Gasteiger partial charge in [0.2, 0.25) is 5.89 Å². The Bertz CT molecular complexity index is 1030. The Balaban J connectivity index is 1.59. The van der Waals surface area contributed by atoms with E-state index in [1.807, 2.05) is 54.6 Å². The molecule has 154 valence electrons. The van der Waals surface area contributed by atoms with Crippen LogP contribution >= 0.6 is 0 Å². The van der Waals surface area contributed by atoms with E-state index in [-0.39, 0.29) is 12.5 Å². The molecule has 0 bridgehead atoms. The molecule has 1 fully saturated rings. The molecule has 3 aromatic rings. The summed E-state index contributed by atoms with van der Waals surface area (Å²) < 4.78 is 5.36. The molecular weight excluding hydrogens is 384 g/mol. The number of rotatable bonds is 6. The minimum Gasteiger partial charge on any atom is -0.399 e. The highest BCUT2D eigenvalue weighted by atomic mass is 16.6. The van der Waals surface area contributed by atoms with Crippen molar-refractivity contribution in [3.63, 3.8) is 0 Å². The lowest BCUT2D eigenvalue weighted by molar-refractivity contribution is 0.0713. The van der Waals surface area contributed by atoms with Crippen LogP contribution in [-0.2, 0) is 11.3 Å². The minimum atomic E-state index is -0.430. The second-order valence-electron chi connectivity index (χ2n) is 6.96. The molecule has 30 heavy (non-hydrogen) atoms. The van der Waals surface area contributed by atoms with Crippen LogP contribution in [0.1, 0.15) is 34.5 Å². The Morgan fingerprint density at radius 3 is 2.63 bits per heavy atom. The maximum atomic E-state index is 13.3. The summed E-state index contributed by atoms with van der Waals surface area (Å²) in [5, 5.41) is 17.0. The van der Waals surface area contributed by atoms with E-state index in [0.717, 1.165) is 16.8 Å². The molecule has 0 radical (unpaired) electrons. The summed E-state index contributed by atoms with van der Waals surface area (Å²) in [5.74, 6) is 0.584. The normalized spacial score (nSPS) is 17.5. The zero-order valence-corrected chi connectivity index (χ0v) is 16.6. The number of aliphatic hydroxyl groups excluding tert-OH is 1. The van der Waals surface area contributed by atoms with Gasteiger partial charge in [-0.15, -0.1) is 0 Å². The van der Waals surface area contributed by atoms with E-state index in [4.69, 9.17) is 14.5 Å². The third-order valence-corrected chi connectivity index (χ3v) is 4.98. The molecule has 1 atom stereocenters. The third kappa shape index (κ3) is 4.08. The van der Waals surface area contributed by atoms with Crippen molar-refractivity contribution < 1.29 is 19.3 Å². The van der Waals surface area contributed by atoms with Gasteiger partial charge in [-0.2, -0.15) is 4.98 Å². The molecular formula is C22H22N4O4. The average Bonchev–Trinajstić information content (AvgIpc) is 3.42. The Hall–Kier alpha value is -3.52. The van der Waals surface area contributed by atoms with Gasteiger partial charge in [-0.05, 0) is 23.3 Å². The highest BCUT2D eigenvalue weighted by Gasteiger charge is 2.38. The molecule has 1 N–H and O–H groups in total. The van der Waals surface area contributed by atoms with Gasteiger partial charge in [-0.3, -0.25) is 4.79 Å². The zero-order chi connectivity index (χ0) is 20.9. The van der Waals surface area contributed by atoms with Gasteiger partial charge in [0, 0.05) is 18.4 Å².